The normalized spacial score (nSPS) is 12.8. The third kappa shape index (κ3) is 3.14. The second kappa shape index (κ2) is 6.65. The zero-order valence-corrected chi connectivity index (χ0v) is 14.6. The minimum Gasteiger partial charge on any atom is -0.483 e. The van der Waals surface area contributed by atoms with Gasteiger partial charge in [-0.15, -0.1) is 11.3 Å². The average Bonchev–Trinajstić information content (AvgIpc) is 3.06. The molecular weight excluding hydrogens is 324 g/mol. The number of aryl methyl sites for hydroxylation is 3. The molecule has 1 aromatic heterocycles. The quantitative estimate of drug-likeness (QED) is 0.875. The van der Waals surface area contributed by atoms with Gasteiger partial charge in [-0.3, -0.25) is 9.59 Å². The van der Waals surface area contributed by atoms with E-state index in [1.54, 1.807) is 0 Å². The van der Waals surface area contributed by atoms with E-state index in [1.165, 1.54) is 11.3 Å². The first-order valence-corrected chi connectivity index (χ1v) is 8.72. The van der Waals surface area contributed by atoms with Crippen LogP contribution in [0.3, 0.4) is 0 Å². The molecule has 1 heterocycles. The molecule has 0 atom stereocenters. The van der Waals surface area contributed by atoms with E-state index < -0.39 is 5.91 Å². The summed E-state index contributed by atoms with van der Waals surface area (Å²) in [6, 6.07) is 5.83. The van der Waals surface area contributed by atoms with Crippen molar-refractivity contribution in [2.45, 2.75) is 33.1 Å². The Kier molecular flexibility index (Phi) is 4.57. The molecule has 5 nitrogen and oxygen atoms in total. The van der Waals surface area contributed by atoms with Crippen LogP contribution < -0.4 is 15.8 Å². The van der Waals surface area contributed by atoms with Gasteiger partial charge in [0.15, 0.2) is 6.61 Å². The predicted octanol–water partition coefficient (Wildman–Crippen LogP) is 2.97. The Morgan fingerprint density at radius 2 is 1.96 bits per heavy atom. The molecule has 0 fully saturated rings. The number of amides is 2. The molecule has 3 rings (SSSR count). The molecule has 0 saturated carbocycles. The fourth-order valence-electron chi connectivity index (χ4n) is 3.08. The molecule has 126 valence electrons. The van der Waals surface area contributed by atoms with Crippen LogP contribution in [0, 0.1) is 13.8 Å². The van der Waals surface area contributed by atoms with Crippen LogP contribution in [0.25, 0.3) is 0 Å². The van der Waals surface area contributed by atoms with Crippen molar-refractivity contribution < 1.29 is 14.3 Å². The van der Waals surface area contributed by atoms with Crippen molar-refractivity contribution >= 4 is 28.2 Å². The van der Waals surface area contributed by atoms with E-state index in [0.29, 0.717) is 10.6 Å². The lowest BCUT2D eigenvalue weighted by Crippen LogP contribution is -2.22. The van der Waals surface area contributed by atoms with E-state index in [1.807, 2.05) is 32.0 Å². The average molecular weight is 344 g/mol. The van der Waals surface area contributed by atoms with E-state index in [4.69, 9.17) is 10.5 Å². The summed E-state index contributed by atoms with van der Waals surface area (Å²) in [5, 5.41) is 3.33. The van der Waals surface area contributed by atoms with Crippen molar-refractivity contribution in [1.82, 2.24) is 0 Å². The second-order valence-corrected chi connectivity index (χ2v) is 7.09. The zero-order valence-electron chi connectivity index (χ0n) is 13.8. The summed E-state index contributed by atoms with van der Waals surface area (Å²) in [5.41, 5.74) is 8.93. The Morgan fingerprint density at radius 3 is 2.62 bits per heavy atom. The van der Waals surface area contributed by atoms with Gasteiger partial charge in [-0.2, -0.15) is 0 Å². The Labute approximate surface area is 144 Å². The number of nitrogens with one attached hydrogen (secondary N) is 1. The number of hydrogen-bond acceptors (Lipinski definition) is 4. The van der Waals surface area contributed by atoms with Crippen molar-refractivity contribution in [3.8, 4) is 5.75 Å². The maximum absolute atomic E-state index is 12.2. The highest BCUT2D eigenvalue weighted by Crippen LogP contribution is 2.38. The molecule has 0 spiro atoms. The summed E-state index contributed by atoms with van der Waals surface area (Å²) in [7, 11) is 0. The lowest BCUT2D eigenvalue weighted by molar-refractivity contribution is -0.118. The number of anilines is 1. The van der Waals surface area contributed by atoms with Gasteiger partial charge in [0.05, 0.1) is 5.56 Å². The van der Waals surface area contributed by atoms with Gasteiger partial charge in [-0.25, -0.2) is 0 Å². The third-order valence-electron chi connectivity index (χ3n) is 4.18. The lowest BCUT2D eigenvalue weighted by Gasteiger charge is -2.12. The van der Waals surface area contributed by atoms with Gasteiger partial charge in [0.2, 0.25) is 0 Å². The molecule has 24 heavy (non-hydrogen) atoms. The number of nitrogens with two attached hydrogens (primary N) is 1. The molecule has 0 saturated heterocycles. The van der Waals surface area contributed by atoms with Crippen LogP contribution in [0.15, 0.2) is 18.2 Å². The van der Waals surface area contributed by atoms with Crippen LogP contribution in [0.2, 0.25) is 0 Å². The summed E-state index contributed by atoms with van der Waals surface area (Å²) in [4.78, 5) is 25.1. The van der Waals surface area contributed by atoms with E-state index in [0.717, 1.165) is 46.6 Å². The number of thiophene rings is 1. The van der Waals surface area contributed by atoms with Gasteiger partial charge in [-0.05, 0) is 49.8 Å². The minimum absolute atomic E-state index is 0.105. The first-order chi connectivity index (χ1) is 11.5. The largest absolute Gasteiger partial charge is 0.483 e. The molecule has 1 aliphatic carbocycles. The topological polar surface area (TPSA) is 81.4 Å². The minimum atomic E-state index is -0.486. The third-order valence-corrected chi connectivity index (χ3v) is 5.38. The molecule has 0 unspecified atom stereocenters. The molecule has 0 aliphatic heterocycles. The number of carbonyl (C=O) groups excluding carboxylic acids is 2. The molecule has 1 aliphatic rings. The van der Waals surface area contributed by atoms with E-state index in [-0.39, 0.29) is 12.5 Å². The number of fused-ring (bicyclic) bond motifs is 1. The monoisotopic (exact) mass is 344 g/mol. The fraction of sp³-hybridized carbons (Fsp3) is 0.333. The van der Waals surface area contributed by atoms with Crippen molar-refractivity contribution in [2.75, 3.05) is 11.9 Å². The van der Waals surface area contributed by atoms with Gasteiger partial charge in [0, 0.05) is 4.88 Å². The standard InChI is InChI=1S/C18H20N2O3S/c1-10-5-3-6-11(2)16(10)23-9-14(21)20-18-15(17(19)22)12-7-4-8-13(12)24-18/h3,5-6H,4,7-9H2,1-2H3,(H2,19,22)(H,20,21). The maximum atomic E-state index is 12.2. The molecule has 2 aromatic rings. The Bertz CT molecular complexity index is 791. The summed E-state index contributed by atoms with van der Waals surface area (Å²) in [6.07, 6.45) is 2.82. The number of rotatable bonds is 5. The molecule has 6 heteroatoms. The first-order valence-electron chi connectivity index (χ1n) is 7.90. The van der Waals surface area contributed by atoms with Crippen LogP contribution in [-0.2, 0) is 17.6 Å². The van der Waals surface area contributed by atoms with Gasteiger partial charge in [-0.1, -0.05) is 18.2 Å². The lowest BCUT2D eigenvalue weighted by atomic mass is 10.1. The van der Waals surface area contributed by atoms with Crippen LogP contribution in [0.4, 0.5) is 5.00 Å². The molecule has 0 bridgehead atoms. The number of carbonyl (C=O) groups is 2. The van der Waals surface area contributed by atoms with Gasteiger partial charge in [0.25, 0.3) is 11.8 Å². The van der Waals surface area contributed by atoms with Crippen molar-refractivity contribution in [3.05, 3.63) is 45.3 Å². The molecule has 1 aromatic carbocycles. The number of para-hydroxylation sites is 1. The fourth-order valence-corrected chi connectivity index (χ4v) is 4.39. The van der Waals surface area contributed by atoms with Gasteiger partial charge < -0.3 is 15.8 Å². The highest BCUT2D eigenvalue weighted by Gasteiger charge is 2.26. The molecular formula is C18H20N2O3S. The number of benzene rings is 1. The molecule has 2 amide bonds. The van der Waals surface area contributed by atoms with Crippen LogP contribution in [-0.4, -0.2) is 18.4 Å². The summed E-state index contributed by atoms with van der Waals surface area (Å²) in [5.74, 6) is -0.0584. The maximum Gasteiger partial charge on any atom is 0.262 e. The van der Waals surface area contributed by atoms with Crippen LogP contribution in [0.1, 0.15) is 38.3 Å². The van der Waals surface area contributed by atoms with Gasteiger partial charge >= 0.3 is 0 Å². The highest BCUT2D eigenvalue weighted by atomic mass is 32.1. The Balaban J connectivity index is 1.71. The van der Waals surface area contributed by atoms with Crippen molar-refractivity contribution in [1.29, 1.82) is 0 Å². The summed E-state index contributed by atoms with van der Waals surface area (Å²) < 4.78 is 5.66. The SMILES string of the molecule is Cc1cccc(C)c1OCC(=O)Nc1sc2c(c1C(N)=O)CCC2. The van der Waals surface area contributed by atoms with E-state index in [2.05, 4.69) is 5.32 Å². The Hall–Kier alpha value is -2.34. The second-order valence-electron chi connectivity index (χ2n) is 5.98. The van der Waals surface area contributed by atoms with Crippen LogP contribution in [0.5, 0.6) is 5.75 Å². The van der Waals surface area contributed by atoms with Crippen molar-refractivity contribution in [3.63, 3.8) is 0 Å². The predicted molar refractivity (Wildman–Crippen MR) is 94.9 cm³/mol. The van der Waals surface area contributed by atoms with Crippen LogP contribution >= 0.6 is 11.3 Å². The highest BCUT2D eigenvalue weighted by molar-refractivity contribution is 7.17. The molecule has 3 N–H and O–H groups in total. The summed E-state index contributed by atoms with van der Waals surface area (Å²) >= 11 is 1.44. The van der Waals surface area contributed by atoms with E-state index in [9.17, 15) is 9.59 Å². The Morgan fingerprint density at radius 1 is 1.25 bits per heavy atom. The van der Waals surface area contributed by atoms with Crippen molar-refractivity contribution in [2.24, 2.45) is 5.73 Å². The van der Waals surface area contributed by atoms with E-state index >= 15 is 0 Å². The van der Waals surface area contributed by atoms with Gasteiger partial charge in [0.1, 0.15) is 10.8 Å². The number of primary amides is 1. The molecule has 0 radical (unpaired) electrons. The first kappa shape index (κ1) is 16.5. The number of ether oxygens (including phenoxy) is 1. The number of hydrogen-bond donors (Lipinski definition) is 2. The smallest absolute Gasteiger partial charge is 0.262 e. The zero-order chi connectivity index (χ0) is 17.3. The summed E-state index contributed by atoms with van der Waals surface area (Å²) in [6.45, 7) is 3.77.